The van der Waals surface area contributed by atoms with Crippen LogP contribution in [0.1, 0.15) is 24.0 Å². The molecule has 0 bridgehead atoms. The molecule has 0 saturated heterocycles. The van der Waals surface area contributed by atoms with Gasteiger partial charge in [0, 0.05) is 33.8 Å². The fourth-order valence-electron chi connectivity index (χ4n) is 11.5. The molecule has 1 aliphatic rings. The number of benzene rings is 11. The van der Waals surface area contributed by atoms with E-state index in [1.165, 1.54) is 126 Å². The second-order valence-corrected chi connectivity index (χ2v) is 17.4. The minimum absolute atomic E-state index is 0.293. The molecular formula is C61H38N2. The smallest absolute Gasteiger partial charge is 0.0702 e. The lowest BCUT2D eigenvalue weighted by Crippen LogP contribution is -1.97. The average molecular weight is 799 g/mol. The van der Waals surface area contributed by atoms with E-state index in [1.54, 1.807) is 0 Å². The molecule has 13 aromatic rings. The van der Waals surface area contributed by atoms with Crippen LogP contribution < -0.4 is 0 Å². The molecule has 0 radical (unpaired) electrons. The molecular weight excluding hydrogens is 761 g/mol. The Morgan fingerprint density at radius 2 is 1.00 bits per heavy atom. The largest absolute Gasteiger partial charge is 0.309 e. The van der Waals surface area contributed by atoms with Crippen molar-refractivity contribution in [2.45, 2.75) is 12.8 Å². The summed E-state index contributed by atoms with van der Waals surface area (Å²) in [7, 11) is 0. The summed E-state index contributed by atoms with van der Waals surface area (Å²) < 4.78 is 2.47. The lowest BCUT2D eigenvalue weighted by Gasteiger charge is -2.22. The van der Waals surface area contributed by atoms with E-state index in [0.717, 1.165) is 11.3 Å². The van der Waals surface area contributed by atoms with Crippen LogP contribution in [0.5, 0.6) is 0 Å². The molecule has 0 aliphatic heterocycles. The van der Waals surface area contributed by atoms with Crippen LogP contribution in [-0.4, -0.2) is 9.55 Å². The van der Waals surface area contributed by atoms with E-state index in [9.17, 15) is 0 Å². The first-order valence-corrected chi connectivity index (χ1v) is 22.0. The van der Waals surface area contributed by atoms with Crippen LogP contribution >= 0.6 is 0 Å². The number of nitrogens with zero attached hydrogens (tertiary/aromatic N) is 2. The van der Waals surface area contributed by atoms with Gasteiger partial charge in [0.1, 0.15) is 0 Å². The number of aromatic nitrogens is 2. The SMILES string of the molecule is CC1c2ccccc2-c2cc3c(-c4ccc5ccc6c(-n7c8ccccc8c8ccccc87)ccc7ccc4c5c76)c4ccccc4c(-c4cccc(-c5ccccn5)c4)c3cc21. The molecule has 2 heteroatoms. The van der Waals surface area contributed by atoms with Gasteiger partial charge in [0.15, 0.2) is 0 Å². The van der Waals surface area contributed by atoms with Crippen LogP contribution in [0.15, 0.2) is 206 Å². The van der Waals surface area contributed by atoms with Crippen LogP contribution in [0.2, 0.25) is 0 Å². The minimum atomic E-state index is 0.293. The number of rotatable bonds is 4. The molecule has 1 unspecified atom stereocenters. The van der Waals surface area contributed by atoms with Crippen molar-refractivity contribution in [1.82, 2.24) is 9.55 Å². The van der Waals surface area contributed by atoms with E-state index in [1.807, 2.05) is 12.3 Å². The lowest BCUT2D eigenvalue weighted by atomic mass is 9.81. The molecule has 0 amide bonds. The Labute approximate surface area is 364 Å². The molecule has 2 nitrogen and oxygen atoms in total. The third-order valence-electron chi connectivity index (χ3n) is 14.2. The third kappa shape index (κ3) is 4.81. The second-order valence-electron chi connectivity index (χ2n) is 17.4. The van der Waals surface area contributed by atoms with Crippen LogP contribution in [0.3, 0.4) is 0 Å². The van der Waals surface area contributed by atoms with Gasteiger partial charge in [-0.25, -0.2) is 0 Å². The summed E-state index contributed by atoms with van der Waals surface area (Å²) in [4.78, 5) is 4.75. The summed E-state index contributed by atoms with van der Waals surface area (Å²) in [6.45, 7) is 2.37. The molecule has 292 valence electrons. The fraction of sp³-hybridized carbons (Fsp3) is 0.0328. The summed E-state index contributed by atoms with van der Waals surface area (Å²) in [5.74, 6) is 0.293. The Morgan fingerprint density at radius 1 is 0.381 bits per heavy atom. The van der Waals surface area contributed by atoms with Gasteiger partial charge in [0.25, 0.3) is 0 Å². The van der Waals surface area contributed by atoms with Gasteiger partial charge in [-0.2, -0.15) is 0 Å². The third-order valence-corrected chi connectivity index (χ3v) is 14.2. The summed E-state index contributed by atoms with van der Waals surface area (Å²) in [5.41, 5.74) is 16.2. The van der Waals surface area contributed by atoms with E-state index in [-0.39, 0.29) is 0 Å². The lowest BCUT2D eigenvalue weighted by molar-refractivity contribution is 0.959. The van der Waals surface area contributed by atoms with E-state index in [4.69, 9.17) is 4.98 Å². The average Bonchev–Trinajstić information content (AvgIpc) is 3.83. The Kier molecular flexibility index (Phi) is 7.13. The van der Waals surface area contributed by atoms with Crippen molar-refractivity contribution in [3.8, 4) is 50.3 Å². The van der Waals surface area contributed by atoms with Gasteiger partial charge >= 0.3 is 0 Å². The second kappa shape index (κ2) is 13.0. The van der Waals surface area contributed by atoms with Crippen LogP contribution in [0.25, 0.3) is 126 Å². The van der Waals surface area contributed by atoms with Gasteiger partial charge in [-0.3, -0.25) is 4.98 Å². The molecule has 0 N–H and O–H groups in total. The molecule has 0 spiro atoms. The van der Waals surface area contributed by atoms with Crippen LogP contribution in [0.4, 0.5) is 0 Å². The predicted octanol–water partition coefficient (Wildman–Crippen LogP) is 16.5. The zero-order valence-corrected chi connectivity index (χ0v) is 34.6. The number of para-hydroxylation sites is 2. The van der Waals surface area contributed by atoms with Crippen molar-refractivity contribution >= 4 is 75.7 Å². The number of hydrogen-bond acceptors (Lipinski definition) is 1. The highest BCUT2D eigenvalue weighted by molar-refractivity contribution is 6.31. The zero-order valence-electron chi connectivity index (χ0n) is 34.6. The van der Waals surface area contributed by atoms with Crippen molar-refractivity contribution < 1.29 is 0 Å². The van der Waals surface area contributed by atoms with Gasteiger partial charge in [0.05, 0.1) is 22.4 Å². The van der Waals surface area contributed by atoms with Gasteiger partial charge < -0.3 is 4.57 Å². The summed E-state index contributed by atoms with van der Waals surface area (Å²) in [6.07, 6.45) is 1.88. The van der Waals surface area contributed by atoms with Crippen molar-refractivity contribution in [2.24, 2.45) is 0 Å². The quantitative estimate of drug-likeness (QED) is 0.128. The topological polar surface area (TPSA) is 17.8 Å². The summed E-state index contributed by atoms with van der Waals surface area (Å²) >= 11 is 0. The van der Waals surface area contributed by atoms with Crippen LogP contribution in [-0.2, 0) is 0 Å². The maximum Gasteiger partial charge on any atom is 0.0702 e. The first-order valence-electron chi connectivity index (χ1n) is 22.0. The standard InChI is InChI=1S/C61H38N2/c1-36-41-15-2-3-16-42(41)51-35-53-52(34-50(36)51)58(40-14-12-13-39(33-40)54-21-10-11-32-62-54)45-19-4-5-20-46(45)61(53)48-29-25-37-26-30-49-57(31-27-38-24-28-47(48)59(37)60(38)49)63-55-22-8-6-17-43(55)44-18-7-9-23-56(44)63/h2-36H,1H3. The maximum atomic E-state index is 4.75. The highest BCUT2D eigenvalue weighted by Gasteiger charge is 2.29. The first kappa shape index (κ1) is 34.6. The van der Waals surface area contributed by atoms with Crippen molar-refractivity contribution in [3.05, 3.63) is 218 Å². The molecule has 2 heterocycles. The van der Waals surface area contributed by atoms with Gasteiger partial charge in [-0.05, 0) is 142 Å². The Hall–Kier alpha value is -8.07. The maximum absolute atomic E-state index is 4.75. The van der Waals surface area contributed by atoms with Gasteiger partial charge in [0.2, 0.25) is 0 Å². The number of hydrogen-bond donors (Lipinski definition) is 0. The van der Waals surface area contributed by atoms with E-state index in [2.05, 4.69) is 206 Å². The molecule has 14 rings (SSSR count). The highest BCUT2D eigenvalue weighted by atomic mass is 15.0. The monoisotopic (exact) mass is 798 g/mol. The van der Waals surface area contributed by atoms with Crippen molar-refractivity contribution in [1.29, 1.82) is 0 Å². The molecule has 1 aliphatic carbocycles. The summed E-state index contributed by atoms with van der Waals surface area (Å²) in [6, 6.07) is 74.8. The van der Waals surface area contributed by atoms with E-state index >= 15 is 0 Å². The van der Waals surface area contributed by atoms with Crippen molar-refractivity contribution in [3.63, 3.8) is 0 Å². The molecule has 2 aromatic heterocycles. The Balaban J connectivity index is 1.10. The number of pyridine rings is 1. The molecule has 63 heavy (non-hydrogen) atoms. The predicted molar refractivity (Wildman–Crippen MR) is 267 cm³/mol. The van der Waals surface area contributed by atoms with Gasteiger partial charge in [-0.15, -0.1) is 0 Å². The first-order chi connectivity index (χ1) is 31.2. The molecule has 11 aromatic carbocycles. The minimum Gasteiger partial charge on any atom is -0.309 e. The highest BCUT2D eigenvalue weighted by Crippen LogP contribution is 2.53. The van der Waals surface area contributed by atoms with E-state index < -0.39 is 0 Å². The normalized spacial score (nSPS) is 13.6. The zero-order chi connectivity index (χ0) is 41.3. The molecule has 1 atom stereocenters. The van der Waals surface area contributed by atoms with E-state index in [0.29, 0.717) is 5.92 Å². The summed E-state index contributed by atoms with van der Waals surface area (Å²) in [5, 5.41) is 15.3. The Bertz CT molecular complexity index is 3990. The van der Waals surface area contributed by atoms with Gasteiger partial charge in [-0.1, -0.05) is 159 Å². The fourth-order valence-corrected chi connectivity index (χ4v) is 11.5. The Morgan fingerprint density at radius 3 is 1.78 bits per heavy atom. The van der Waals surface area contributed by atoms with Crippen molar-refractivity contribution in [2.75, 3.05) is 0 Å². The number of fused-ring (bicyclic) bond motifs is 8. The molecule has 0 saturated carbocycles. The van der Waals surface area contributed by atoms with Crippen LogP contribution in [0, 0.1) is 0 Å². The molecule has 0 fully saturated rings.